The van der Waals surface area contributed by atoms with E-state index in [1.165, 1.54) is 0 Å². The molecule has 1 aromatic heterocycles. The van der Waals surface area contributed by atoms with Crippen LogP contribution >= 0.6 is 23.2 Å². The van der Waals surface area contributed by atoms with Crippen molar-refractivity contribution in [3.8, 4) is 0 Å². The Morgan fingerprint density at radius 2 is 1.54 bits per heavy atom. The smallest absolute Gasteiger partial charge is 0.192 e. The number of fused-ring (bicyclic) bond motifs is 1. The summed E-state index contributed by atoms with van der Waals surface area (Å²) in [6.45, 7) is 7.61. The zero-order valence-corrected chi connectivity index (χ0v) is 15.6. The quantitative estimate of drug-likeness (QED) is 0.530. The lowest BCUT2D eigenvalue weighted by Gasteiger charge is -2.06. The van der Waals surface area contributed by atoms with E-state index in [9.17, 15) is 4.79 Å². The van der Waals surface area contributed by atoms with Crippen LogP contribution in [0.2, 0.25) is 10.0 Å². The second-order valence-corrected chi connectivity index (χ2v) is 6.71. The van der Waals surface area contributed by atoms with Gasteiger partial charge in [-0.2, -0.15) is 0 Å². The minimum absolute atomic E-state index is 0.0619. The minimum atomic E-state index is 0.0619. The first-order chi connectivity index (χ1) is 11.2. The molecule has 0 amide bonds. The topological polar surface area (TPSA) is 58.9 Å². The summed E-state index contributed by atoms with van der Waals surface area (Å²) in [6, 6.07) is 9.30. The highest BCUT2D eigenvalue weighted by molar-refractivity contribution is 6.35. The van der Waals surface area contributed by atoms with Crippen LogP contribution in [0.15, 0.2) is 35.1 Å². The van der Waals surface area contributed by atoms with Crippen molar-refractivity contribution in [2.24, 2.45) is 0 Å². The van der Waals surface area contributed by atoms with E-state index in [2.05, 4.69) is 4.98 Å². The number of rotatable bonds is 0. The lowest BCUT2D eigenvalue weighted by molar-refractivity contribution is 1.17. The Morgan fingerprint density at radius 3 is 2.12 bits per heavy atom. The molecule has 0 saturated carbocycles. The zero-order chi connectivity index (χ0) is 18.0. The van der Waals surface area contributed by atoms with Gasteiger partial charge in [0, 0.05) is 16.6 Å². The molecular formula is C19H20Cl2N2O. The van der Waals surface area contributed by atoms with Crippen molar-refractivity contribution >= 4 is 39.8 Å². The number of anilines is 1. The third kappa shape index (κ3) is 3.92. The Hall–Kier alpha value is -1.97. The predicted molar refractivity (Wildman–Crippen MR) is 104 cm³/mol. The number of aromatic nitrogens is 1. The molecule has 0 spiro atoms. The standard InChI is InChI=1S/C12H12ClNO.C7H8ClN/c1-6-4-9-11(10(13)5-6)14-8(3)7(2)12(9)15;1-5-2-3-7(9)6(8)4-5/h4-5H,1-3H3,(H,14,15);2-4H,9H2,1H3. The van der Waals surface area contributed by atoms with Crippen LogP contribution in [-0.4, -0.2) is 4.98 Å². The fourth-order valence-corrected chi connectivity index (χ4v) is 2.89. The molecule has 3 nitrogen and oxygen atoms in total. The molecule has 0 atom stereocenters. The number of hydrogen-bond donors (Lipinski definition) is 2. The van der Waals surface area contributed by atoms with E-state index in [1.54, 1.807) is 6.07 Å². The van der Waals surface area contributed by atoms with Crippen LogP contribution in [0, 0.1) is 27.7 Å². The molecule has 0 fully saturated rings. The van der Waals surface area contributed by atoms with Gasteiger partial charge in [-0.1, -0.05) is 29.3 Å². The van der Waals surface area contributed by atoms with Gasteiger partial charge in [0.15, 0.2) is 5.43 Å². The second-order valence-electron chi connectivity index (χ2n) is 5.90. The van der Waals surface area contributed by atoms with Crippen LogP contribution in [0.3, 0.4) is 0 Å². The second kappa shape index (κ2) is 7.29. The van der Waals surface area contributed by atoms with E-state index in [0.717, 1.165) is 27.9 Å². The Bertz CT molecular complexity index is 962. The SMILES string of the molecule is Cc1cc(Cl)c2[nH]c(C)c(C)c(=O)c2c1.Cc1ccc(N)c(Cl)c1. The predicted octanol–water partition coefficient (Wildman–Crippen LogP) is 5.34. The molecule has 126 valence electrons. The van der Waals surface area contributed by atoms with E-state index in [0.29, 0.717) is 21.1 Å². The maximum atomic E-state index is 12.0. The van der Waals surface area contributed by atoms with E-state index in [4.69, 9.17) is 28.9 Å². The Labute approximate surface area is 151 Å². The van der Waals surface area contributed by atoms with Crippen molar-refractivity contribution in [3.05, 3.63) is 73.0 Å². The maximum Gasteiger partial charge on any atom is 0.192 e. The van der Waals surface area contributed by atoms with Crippen molar-refractivity contribution in [3.63, 3.8) is 0 Å². The van der Waals surface area contributed by atoms with Gasteiger partial charge < -0.3 is 10.7 Å². The Morgan fingerprint density at radius 1 is 0.917 bits per heavy atom. The third-order valence-corrected chi connectivity index (χ3v) is 4.48. The molecular weight excluding hydrogens is 343 g/mol. The molecule has 3 aromatic rings. The molecule has 0 aliphatic rings. The summed E-state index contributed by atoms with van der Waals surface area (Å²) in [5.74, 6) is 0. The van der Waals surface area contributed by atoms with E-state index >= 15 is 0 Å². The van der Waals surface area contributed by atoms with Crippen molar-refractivity contribution < 1.29 is 0 Å². The molecule has 0 unspecified atom stereocenters. The van der Waals surface area contributed by atoms with Crippen LogP contribution < -0.4 is 11.2 Å². The molecule has 2 aromatic carbocycles. The van der Waals surface area contributed by atoms with Crippen LogP contribution in [0.25, 0.3) is 10.9 Å². The minimum Gasteiger partial charge on any atom is -0.398 e. The summed E-state index contributed by atoms with van der Waals surface area (Å²) in [6.07, 6.45) is 0. The highest BCUT2D eigenvalue weighted by atomic mass is 35.5. The van der Waals surface area contributed by atoms with Gasteiger partial charge in [-0.25, -0.2) is 0 Å². The van der Waals surface area contributed by atoms with Gasteiger partial charge in [0.2, 0.25) is 0 Å². The van der Waals surface area contributed by atoms with Crippen molar-refractivity contribution in [2.45, 2.75) is 27.7 Å². The first-order valence-electron chi connectivity index (χ1n) is 7.51. The molecule has 0 bridgehead atoms. The van der Waals surface area contributed by atoms with E-state index < -0.39 is 0 Å². The summed E-state index contributed by atoms with van der Waals surface area (Å²) in [5, 5.41) is 1.91. The van der Waals surface area contributed by atoms with Gasteiger partial charge in [0.1, 0.15) is 0 Å². The van der Waals surface area contributed by atoms with Crippen molar-refractivity contribution in [1.82, 2.24) is 4.98 Å². The summed E-state index contributed by atoms with van der Waals surface area (Å²) in [4.78, 5) is 15.1. The number of aryl methyl sites for hydroxylation is 3. The molecule has 3 N–H and O–H groups in total. The highest BCUT2D eigenvalue weighted by Crippen LogP contribution is 2.22. The number of pyridine rings is 1. The molecule has 1 heterocycles. The third-order valence-electron chi connectivity index (χ3n) is 3.85. The monoisotopic (exact) mass is 362 g/mol. The molecule has 0 aliphatic heterocycles. The highest BCUT2D eigenvalue weighted by Gasteiger charge is 2.08. The fourth-order valence-electron chi connectivity index (χ4n) is 2.33. The normalized spacial score (nSPS) is 10.4. The number of nitrogens with two attached hydrogens (primary N) is 1. The van der Waals surface area contributed by atoms with Gasteiger partial charge in [0.25, 0.3) is 0 Å². The summed E-state index contributed by atoms with van der Waals surface area (Å²) >= 11 is 11.8. The van der Waals surface area contributed by atoms with Gasteiger partial charge in [-0.3, -0.25) is 4.79 Å². The average molecular weight is 363 g/mol. The van der Waals surface area contributed by atoms with Gasteiger partial charge in [-0.05, 0) is 63.1 Å². The zero-order valence-electron chi connectivity index (χ0n) is 14.1. The Kier molecular flexibility index (Phi) is 5.58. The average Bonchev–Trinajstić information content (AvgIpc) is 2.51. The van der Waals surface area contributed by atoms with Crippen molar-refractivity contribution in [2.75, 3.05) is 5.73 Å². The molecule has 5 heteroatoms. The molecule has 24 heavy (non-hydrogen) atoms. The number of nitrogen functional groups attached to an aromatic ring is 1. The van der Waals surface area contributed by atoms with Gasteiger partial charge >= 0.3 is 0 Å². The lowest BCUT2D eigenvalue weighted by atomic mass is 10.1. The number of aromatic amines is 1. The van der Waals surface area contributed by atoms with Gasteiger partial charge in [0.05, 0.1) is 21.2 Å². The van der Waals surface area contributed by atoms with Crippen LogP contribution in [0.5, 0.6) is 0 Å². The Balaban J connectivity index is 0.000000198. The number of benzene rings is 2. The first kappa shape index (κ1) is 18.4. The fraction of sp³-hybridized carbons (Fsp3) is 0.211. The van der Waals surface area contributed by atoms with Crippen LogP contribution in [0.1, 0.15) is 22.4 Å². The molecule has 0 aliphatic carbocycles. The molecule has 3 rings (SSSR count). The summed E-state index contributed by atoms with van der Waals surface area (Å²) < 4.78 is 0. The van der Waals surface area contributed by atoms with E-state index in [-0.39, 0.29) is 5.43 Å². The van der Waals surface area contributed by atoms with Gasteiger partial charge in [-0.15, -0.1) is 0 Å². The first-order valence-corrected chi connectivity index (χ1v) is 8.27. The summed E-state index contributed by atoms with van der Waals surface area (Å²) in [5.41, 5.74) is 10.7. The van der Waals surface area contributed by atoms with Crippen LogP contribution in [0.4, 0.5) is 5.69 Å². The number of nitrogens with one attached hydrogen (secondary N) is 1. The summed E-state index contributed by atoms with van der Waals surface area (Å²) in [7, 11) is 0. The lowest BCUT2D eigenvalue weighted by Crippen LogP contribution is -2.09. The maximum absolute atomic E-state index is 12.0. The number of halogens is 2. The molecule has 0 radical (unpaired) electrons. The van der Waals surface area contributed by atoms with Crippen LogP contribution in [-0.2, 0) is 0 Å². The number of hydrogen-bond acceptors (Lipinski definition) is 2. The largest absolute Gasteiger partial charge is 0.398 e. The van der Waals surface area contributed by atoms with E-state index in [1.807, 2.05) is 52.0 Å². The molecule has 0 saturated heterocycles. The van der Waals surface area contributed by atoms with Crippen molar-refractivity contribution in [1.29, 1.82) is 0 Å². The number of H-pyrrole nitrogens is 1.